The van der Waals surface area contributed by atoms with Gasteiger partial charge in [0.25, 0.3) is 0 Å². The van der Waals surface area contributed by atoms with Crippen molar-refractivity contribution in [1.82, 2.24) is 0 Å². The van der Waals surface area contributed by atoms with Crippen molar-refractivity contribution in [2.45, 2.75) is 5.41 Å². The van der Waals surface area contributed by atoms with Crippen LogP contribution in [0.5, 0.6) is 0 Å². The highest BCUT2D eigenvalue weighted by Gasteiger charge is 2.53. The molecule has 0 aliphatic heterocycles. The van der Waals surface area contributed by atoms with Crippen LogP contribution >= 0.6 is 0 Å². The molecule has 0 heterocycles. The molecular weight excluding hydrogens is 747 g/mol. The van der Waals surface area contributed by atoms with Crippen molar-refractivity contribution in [2.24, 2.45) is 0 Å². The van der Waals surface area contributed by atoms with E-state index in [1.54, 1.807) is 0 Å². The summed E-state index contributed by atoms with van der Waals surface area (Å²) in [5, 5.41) is 7.59. The average Bonchev–Trinajstić information content (AvgIpc) is 3.82. The summed E-state index contributed by atoms with van der Waals surface area (Å²) in [7, 11) is 0. The average molecular weight is 786 g/mol. The van der Waals surface area contributed by atoms with Crippen LogP contribution in [0, 0.1) is 0 Å². The van der Waals surface area contributed by atoms with Crippen LogP contribution in [0.25, 0.3) is 76.8 Å². The number of rotatable bonds is 5. The van der Waals surface area contributed by atoms with Crippen molar-refractivity contribution in [3.63, 3.8) is 0 Å². The second-order valence-corrected chi connectivity index (χ2v) is 16.7. The fourth-order valence-corrected chi connectivity index (χ4v) is 11.2. The predicted octanol–water partition coefficient (Wildman–Crippen LogP) is 16.3. The van der Waals surface area contributed by atoms with Gasteiger partial charge < -0.3 is 4.90 Å². The molecular formula is C61H39N. The summed E-state index contributed by atoms with van der Waals surface area (Å²) in [6.45, 7) is 0. The molecule has 1 spiro atoms. The first-order valence-electron chi connectivity index (χ1n) is 21.6. The third-order valence-corrected chi connectivity index (χ3v) is 13.6. The van der Waals surface area contributed by atoms with Gasteiger partial charge in [0, 0.05) is 16.9 Å². The summed E-state index contributed by atoms with van der Waals surface area (Å²) in [6, 6.07) is 88.0. The molecule has 2 aliphatic carbocycles. The van der Waals surface area contributed by atoms with Crippen LogP contribution in [0.1, 0.15) is 22.3 Å². The van der Waals surface area contributed by atoms with E-state index >= 15 is 0 Å². The molecule has 0 radical (unpaired) electrons. The van der Waals surface area contributed by atoms with Crippen LogP contribution in [-0.2, 0) is 5.41 Å². The second kappa shape index (κ2) is 13.5. The molecule has 0 N–H and O–H groups in total. The Morgan fingerprint density at radius 1 is 0.258 bits per heavy atom. The minimum Gasteiger partial charge on any atom is -0.310 e. The highest BCUT2D eigenvalue weighted by molar-refractivity contribution is 6.26. The molecule has 11 aromatic carbocycles. The quantitative estimate of drug-likeness (QED) is 0.157. The Labute approximate surface area is 361 Å². The van der Waals surface area contributed by atoms with Crippen LogP contribution in [-0.4, -0.2) is 0 Å². The topological polar surface area (TPSA) is 3.24 Å². The minimum absolute atomic E-state index is 0.523. The largest absolute Gasteiger partial charge is 0.310 e. The molecule has 13 rings (SSSR count). The maximum atomic E-state index is 2.55. The van der Waals surface area contributed by atoms with E-state index in [0.29, 0.717) is 0 Å². The highest BCUT2D eigenvalue weighted by atomic mass is 15.1. The lowest BCUT2D eigenvalue weighted by molar-refractivity contribution is 0.793. The molecule has 0 aromatic heterocycles. The third-order valence-electron chi connectivity index (χ3n) is 13.6. The van der Waals surface area contributed by atoms with Crippen molar-refractivity contribution in [2.75, 3.05) is 4.90 Å². The zero-order valence-corrected chi connectivity index (χ0v) is 34.0. The van der Waals surface area contributed by atoms with Crippen molar-refractivity contribution in [3.05, 3.63) is 259 Å². The third kappa shape index (κ3) is 4.85. The van der Waals surface area contributed by atoms with Gasteiger partial charge in [-0.3, -0.25) is 0 Å². The number of benzene rings is 11. The van der Waals surface area contributed by atoms with Crippen molar-refractivity contribution in [3.8, 4) is 44.5 Å². The van der Waals surface area contributed by atoms with E-state index < -0.39 is 5.41 Å². The van der Waals surface area contributed by atoms with E-state index in [0.717, 1.165) is 11.4 Å². The summed E-state index contributed by atoms with van der Waals surface area (Å²) < 4.78 is 0. The Balaban J connectivity index is 1.13. The van der Waals surface area contributed by atoms with E-state index in [1.807, 2.05) is 0 Å². The van der Waals surface area contributed by atoms with E-state index in [2.05, 4.69) is 241 Å². The lowest BCUT2D eigenvalue weighted by Gasteiger charge is -2.36. The molecule has 0 saturated carbocycles. The van der Waals surface area contributed by atoms with Gasteiger partial charge in [0.2, 0.25) is 0 Å². The zero-order chi connectivity index (χ0) is 40.8. The van der Waals surface area contributed by atoms with Gasteiger partial charge in [0.05, 0.1) is 11.1 Å². The monoisotopic (exact) mass is 785 g/mol. The number of fused-ring (bicyclic) bond motifs is 16. The maximum Gasteiger partial charge on any atom is 0.0746 e. The molecule has 0 amide bonds. The molecule has 1 heteroatoms. The number of anilines is 3. The summed E-state index contributed by atoms with van der Waals surface area (Å²) in [5.74, 6) is 0. The molecule has 11 aromatic rings. The number of hydrogen-bond donors (Lipinski definition) is 0. The van der Waals surface area contributed by atoms with Gasteiger partial charge in [-0.1, -0.05) is 206 Å². The summed E-state index contributed by atoms with van der Waals surface area (Å²) >= 11 is 0. The molecule has 0 atom stereocenters. The van der Waals surface area contributed by atoms with Gasteiger partial charge in [-0.15, -0.1) is 0 Å². The second-order valence-electron chi connectivity index (χ2n) is 16.7. The van der Waals surface area contributed by atoms with Crippen LogP contribution in [0.15, 0.2) is 237 Å². The minimum atomic E-state index is -0.523. The molecule has 2 aliphatic rings. The van der Waals surface area contributed by atoms with E-state index in [1.165, 1.54) is 105 Å². The summed E-state index contributed by atoms with van der Waals surface area (Å²) in [4.78, 5) is 2.55. The van der Waals surface area contributed by atoms with Crippen LogP contribution < -0.4 is 4.90 Å². The Kier molecular flexibility index (Phi) is 7.59. The fraction of sp³-hybridized carbons (Fsp3) is 0.0164. The molecule has 288 valence electrons. The van der Waals surface area contributed by atoms with Gasteiger partial charge in [-0.05, 0) is 124 Å². The standard InChI is InChI=1S/C61H39N/c1-2-18-40(19-3-1)44-22-4-5-23-45(44)41-20-16-21-42(38-41)62(43-36-37-50-48-26-7-6-24-46(48)47-25-8-9-27-49(47)55(50)39-43)59-35-17-31-54-53-30-12-15-34-58(53)61(60(54)59)56-32-13-10-28-51(56)52-29-11-14-33-57(52)61/h1-39H. The molecule has 0 bridgehead atoms. The summed E-state index contributed by atoms with van der Waals surface area (Å²) in [5.41, 5.74) is 18.2. The maximum absolute atomic E-state index is 2.55. The number of hydrogen-bond acceptors (Lipinski definition) is 1. The normalized spacial score (nSPS) is 13.0. The van der Waals surface area contributed by atoms with Crippen LogP contribution in [0.3, 0.4) is 0 Å². The van der Waals surface area contributed by atoms with Gasteiger partial charge in [-0.2, -0.15) is 0 Å². The first kappa shape index (κ1) is 34.8. The van der Waals surface area contributed by atoms with Crippen molar-refractivity contribution in [1.29, 1.82) is 0 Å². The molecule has 0 saturated heterocycles. The first-order valence-corrected chi connectivity index (χ1v) is 21.6. The van der Waals surface area contributed by atoms with Gasteiger partial charge >= 0.3 is 0 Å². The Morgan fingerprint density at radius 3 is 1.29 bits per heavy atom. The van der Waals surface area contributed by atoms with Gasteiger partial charge in [0.15, 0.2) is 0 Å². The fourth-order valence-electron chi connectivity index (χ4n) is 11.2. The SMILES string of the molecule is c1ccc(-c2ccccc2-c2cccc(N(c3ccc4c5ccccc5c5ccccc5c4c3)c3cccc4c3C3(c5ccccc5-c5ccccc53)c3ccccc3-4)c2)cc1. The molecule has 62 heavy (non-hydrogen) atoms. The Hall–Kier alpha value is -8.00. The number of nitrogens with zero attached hydrogens (tertiary/aromatic N) is 1. The first-order chi connectivity index (χ1) is 30.8. The summed E-state index contributed by atoms with van der Waals surface area (Å²) in [6.07, 6.45) is 0. The van der Waals surface area contributed by atoms with E-state index in [4.69, 9.17) is 0 Å². The zero-order valence-electron chi connectivity index (χ0n) is 34.0. The van der Waals surface area contributed by atoms with Crippen LogP contribution in [0.4, 0.5) is 17.1 Å². The highest BCUT2D eigenvalue weighted by Crippen LogP contribution is 2.65. The Morgan fingerprint density at radius 2 is 0.677 bits per heavy atom. The lowest BCUT2D eigenvalue weighted by Crippen LogP contribution is -2.28. The molecule has 1 nitrogen and oxygen atoms in total. The van der Waals surface area contributed by atoms with E-state index in [9.17, 15) is 0 Å². The lowest BCUT2D eigenvalue weighted by atomic mass is 9.70. The van der Waals surface area contributed by atoms with Crippen molar-refractivity contribution < 1.29 is 0 Å². The molecule has 0 unspecified atom stereocenters. The smallest absolute Gasteiger partial charge is 0.0746 e. The van der Waals surface area contributed by atoms with Crippen LogP contribution in [0.2, 0.25) is 0 Å². The van der Waals surface area contributed by atoms with Crippen molar-refractivity contribution >= 4 is 49.4 Å². The van der Waals surface area contributed by atoms with Gasteiger partial charge in [0.1, 0.15) is 0 Å². The Bertz CT molecular complexity index is 3500. The predicted molar refractivity (Wildman–Crippen MR) is 261 cm³/mol. The van der Waals surface area contributed by atoms with E-state index in [-0.39, 0.29) is 0 Å². The van der Waals surface area contributed by atoms with Gasteiger partial charge in [-0.25, -0.2) is 0 Å². The molecule has 0 fully saturated rings.